The van der Waals surface area contributed by atoms with Crippen molar-refractivity contribution in [3.05, 3.63) is 174 Å². The van der Waals surface area contributed by atoms with Crippen molar-refractivity contribution in [2.75, 3.05) is 4.90 Å². The molecule has 0 N–H and O–H groups in total. The minimum atomic E-state index is -0.190. The Bertz CT molecular complexity index is 2960. The molecule has 0 bridgehead atoms. The van der Waals surface area contributed by atoms with E-state index in [0.717, 1.165) is 39.0 Å². The predicted molar refractivity (Wildman–Crippen MR) is 219 cm³/mol. The van der Waals surface area contributed by atoms with Gasteiger partial charge in [0.05, 0.1) is 5.69 Å². The van der Waals surface area contributed by atoms with Crippen LogP contribution in [0.1, 0.15) is 49.9 Å². The second-order valence-corrected chi connectivity index (χ2v) is 15.7. The molecule has 2 heteroatoms. The van der Waals surface area contributed by atoms with Gasteiger partial charge in [0, 0.05) is 33.0 Å². The molecule has 11 rings (SSSR count). The molecule has 248 valence electrons. The van der Waals surface area contributed by atoms with Gasteiger partial charge in [-0.1, -0.05) is 131 Å². The second kappa shape index (κ2) is 10.2. The topological polar surface area (TPSA) is 16.4 Å². The zero-order valence-electron chi connectivity index (χ0n) is 29.8. The van der Waals surface area contributed by atoms with Crippen molar-refractivity contribution in [3.63, 3.8) is 0 Å². The highest BCUT2D eigenvalue weighted by molar-refractivity contribution is 6.19. The molecule has 9 aromatic rings. The normalized spacial score (nSPS) is 14.8. The molecule has 0 radical (unpaired) electrons. The molecule has 1 aromatic heterocycles. The summed E-state index contributed by atoms with van der Waals surface area (Å²) in [6.45, 7) is 9.62. The van der Waals surface area contributed by atoms with Crippen LogP contribution in [-0.2, 0) is 10.8 Å². The highest BCUT2D eigenvalue weighted by atomic mass is 16.3. The van der Waals surface area contributed by atoms with Gasteiger partial charge in [0.25, 0.3) is 0 Å². The highest BCUT2D eigenvalue weighted by Gasteiger charge is 2.43. The van der Waals surface area contributed by atoms with Gasteiger partial charge in [-0.2, -0.15) is 0 Å². The zero-order chi connectivity index (χ0) is 34.9. The fourth-order valence-corrected chi connectivity index (χ4v) is 9.77. The quantitative estimate of drug-likeness (QED) is 0.174. The molecule has 2 aliphatic carbocycles. The number of benzene rings is 8. The van der Waals surface area contributed by atoms with Gasteiger partial charge in [-0.3, -0.25) is 0 Å². The zero-order valence-corrected chi connectivity index (χ0v) is 29.8. The Balaban J connectivity index is 1.18. The summed E-state index contributed by atoms with van der Waals surface area (Å²) in [7, 11) is 0. The largest absolute Gasteiger partial charge is 0.454 e. The van der Waals surface area contributed by atoms with Crippen molar-refractivity contribution in [2.24, 2.45) is 0 Å². The molecule has 52 heavy (non-hydrogen) atoms. The monoisotopic (exact) mass is 667 g/mol. The van der Waals surface area contributed by atoms with Crippen LogP contribution in [0.5, 0.6) is 0 Å². The number of hydrogen-bond acceptors (Lipinski definition) is 2. The van der Waals surface area contributed by atoms with Crippen LogP contribution in [-0.4, -0.2) is 0 Å². The third kappa shape index (κ3) is 3.79. The maximum absolute atomic E-state index is 6.62. The van der Waals surface area contributed by atoms with Crippen LogP contribution in [0.25, 0.3) is 65.7 Å². The van der Waals surface area contributed by atoms with E-state index in [0.29, 0.717) is 0 Å². The van der Waals surface area contributed by atoms with E-state index >= 15 is 0 Å². The molecule has 2 nitrogen and oxygen atoms in total. The molecule has 0 fully saturated rings. The molecule has 8 aromatic carbocycles. The van der Waals surface area contributed by atoms with Crippen LogP contribution in [0, 0.1) is 0 Å². The first-order chi connectivity index (χ1) is 25.3. The molecular formula is C50H37NO. The van der Waals surface area contributed by atoms with E-state index in [2.05, 4.69) is 178 Å². The molecule has 0 saturated carbocycles. The molecule has 0 amide bonds. The van der Waals surface area contributed by atoms with Gasteiger partial charge in [0.15, 0.2) is 5.58 Å². The third-order valence-electron chi connectivity index (χ3n) is 12.2. The molecule has 1 heterocycles. The maximum atomic E-state index is 6.62. The molecule has 0 atom stereocenters. The van der Waals surface area contributed by atoms with E-state index in [1.165, 1.54) is 66.1 Å². The number of hydrogen-bond donors (Lipinski definition) is 0. The van der Waals surface area contributed by atoms with Crippen molar-refractivity contribution in [3.8, 4) is 22.3 Å². The number of furan rings is 1. The Morgan fingerprint density at radius 1 is 0.423 bits per heavy atom. The van der Waals surface area contributed by atoms with Gasteiger partial charge in [-0.25, -0.2) is 0 Å². The van der Waals surface area contributed by atoms with Crippen molar-refractivity contribution < 1.29 is 4.42 Å². The van der Waals surface area contributed by atoms with Gasteiger partial charge in [0.1, 0.15) is 5.58 Å². The number of rotatable bonds is 3. The lowest BCUT2D eigenvalue weighted by Gasteiger charge is -2.28. The summed E-state index contributed by atoms with van der Waals surface area (Å²) in [6.07, 6.45) is 0. The Hall–Kier alpha value is -6.12. The van der Waals surface area contributed by atoms with Gasteiger partial charge in [-0.05, 0) is 115 Å². The minimum absolute atomic E-state index is 0.0565. The first-order valence-corrected chi connectivity index (χ1v) is 18.4. The second-order valence-electron chi connectivity index (χ2n) is 15.7. The van der Waals surface area contributed by atoms with Crippen LogP contribution in [0.2, 0.25) is 0 Å². The van der Waals surface area contributed by atoms with Crippen molar-refractivity contribution in [1.29, 1.82) is 0 Å². The minimum Gasteiger partial charge on any atom is -0.454 e. The Kier molecular flexibility index (Phi) is 5.83. The number of fused-ring (bicyclic) bond motifs is 14. The maximum Gasteiger partial charge on any atom is 0.159 e. The van der Waals surface area contributed by atoms with E-state index in [1.807, 2.05) is 6.07 Å². The smallest absolute Gasteiger partial charge is 0.159 e. The predicted octanol–water partition coefficient (Wildman–Crippen LogP) is 14.0. The lowest BCUT2D eigenvalue weighted by Crippen LogP contribution is -2.17. The molecule has 2 aliphatic rings. The fourth-order valence-electron chi connectivity index (χ4n) is 9.77. The van der Waals surface area contributed by atoms with Gasteiger partial charge >= 0.3 is 0 Å². The van der Waals surface area contributed by atoms with Crippen molar-refractivity contribution in [1.82, 2.24) is 0 Å². The summed E-state index contributed by atoms with van der Waals surface area (Å²) >= 11 is 0. The van der Waals surface area contributed by atoms with Gasteiger partial charge in [-0.15, -0.1) is 0 Å². The number of para-hydroxylation sites is 3. The van der Waals surface area contributed by atoms with Crippen molar-refractivity contribution >= 4 is 60.5 Å². The average Bonchev–Trinajstić information content (AvgIpc) is 3.75. The van der Waals surface area contributed by atoms with E-state index < -0.39 is 0 Å². The molecule has 0 saturated heterocycles. The summed E-state index contributed by atoms with van der Waals surface area (Å²) < 4.78 is 6.62. The van der Waals surface area contributed by atoms with E-state index in [-0.39, 0.29) is 10.8 Å². The van der Waals surface area contributed by atoms with Crippen LogP contribution in [0.4, 0.5) is 17.1 Å². The summed E-state index contributed by atoms with van der Waals surface area (Å²) in [6, 6.07) is 55.7. The Labute approximate surface area is 303 Å². The summed E-state index contributed by atoms with van der Waals surface area (Å²) in [5.41, 5.74) is 16.0. The Morgan fingerprint density at radius 3 is 1.94 bits per heavy atom. The number of anilines is 3. The van der Waals surface area contributed by atoms with Crippen LogP contribution >= 0.6 is 0 Å². The lowest BCUT2D eigenvalue weighted by atomic mass is 9.78. The van der Waals surface area contributed by atoms with Crippen molar-refractivity contribution in [2.45, 2.75) is 38.5 Å². The SMILES string of the molecule is CC1(C)c2ccccc2-c2cc3c(cc21)-c1c(c2ccc(N(c4ccccc4)c4cccc5c4oc4ccccc45)cc2c2ccccc12)C3(C)C. The van der Waals surface area contributed by atoms with Crippen LogP contribution in [0.3, 0.4) is 0 Å². The molecular weight excluding hydrogens is 631 g/mol. The van der Waals surface area contributed by atoms with Gasteiger partial charge in [0.2, 0.25) is 0 Å². The first-order valence-electron chi connectivity index (χ1n) is 18.4. The van der Waals surface area contributed by atoms with E-state index in [4.69, 9.17) is 4.42 Å². The average molecular weight is 668 g/mol. The lowest BCUT2D eigenvalue weighted by molar-refractivity contribution is 0.654. The Morgan fingerprint density at radius 2 is 1.10 bits per heavy atom. The van der Waals surface area contributed by atoms with E-state index in [9.17, 15) is 0 Å². The van der Waals surface area contributed by atoms with Crippen LogP contribution in [0.15, 0.2) is 156 Å². The summed E-state index contributed by atoms with van der Waals surface area (Å²) in [4.78, 5) is 2.36. The standard InChI is InChI=1S/C50H37NO/c1-49(2)41-22-12-10-18-33(41)39-28-43-40(29-42(39)49)46-35-20-9-8-17-32(35)38-27-31(25-26-36(38)47(46)50(43,3)4)51(30-15-6-5-7-16-30)44-23-14-21-37-34-19-11-13-24-45(34)52-48(37)44/h5-29H,1-4H3. The number of nitrogens with zero attached hydrogens (tertiary/aromatic N) is 1. The molecule has 0 aliphatic heterocycles. The van der Waals surface area contributed by atoms with Crippen LogP contribution < -0.4 is 4.90 Å². The third-order valence-corrected chi connectivity index (χ3v) is 12.2. The summed E-state index contributed by atoms with van der Waals surface area (Å²) in [5, 5.41) is 7.42. The fraction of sp³-hybridized carbons (Fsp3) is 0.120. The van der Waals surface area contributed by atoms with Gasteiger partial charge < -0.3 is 9.32 Å². The highest BCUT2D eigenvalue weighted by Crippen LogP contribution is 2.59. The van der Waals surface area contributed by atoms with E-state index in [1.54, 1.807) is 0 Å². The molecule has 0 unspecified atom stereocenters. The molecule has 0 spiro atoms. The summed E-state index contributed by atoms with van der Waals surface area (Å²) in [5.74, 6) is 0. The first kappa shape index (κ1) is 29.6.